The monoisotopic (exact) mass is 212 g/mol. The van der Waals surface area contributed by atoms with E-state index >= 15 is 0 Å². The van der Waals surface area contributed by atoms with Gasteiger partial charge in [-0.3, -0.25) is 0 Å². The first kappa shape index (κ1) is 13.0. The molecule has 0 aliphatic heterocycles. The molecule has 0 spiro atoms. The Labute approximate surface area is 95.3 Å². The number of hydrogen-bond donors (Lipinski definition) is 1. The molecule has 0 radical (unpaired) electrons. The van der Waals surface area contributed by atoms with Crippen LogP contribution in [0.2, 0.25) is 0 Å². The molecule has 1 rings (SSSR count). The molecule has 1 aliphatic rings. The standard InChI is InChI=1S/C14H28O/c1-10(12(3)15)6-8-13-9-7-11(2)14(13,4)5/h10-13,15H,6-9H2,1-5H3. The van der Waals surface area contributed by atoms with E-state index in [9.17, 15) is 5.11 Å². The van der Waals surface area contributed by atoms with E-state index in [4.69, 9.17) is 0 Å². The summed E-state index contributed by atoms with van der Waals surface area (Å²) in [5.41, 5.74) is 0.512. The molecule has 0 bridgehead atoms. The Balaban J connectivity index is 2.40. The summed E-state index contributed by atoms with van der Waals surface area (Å²) in [5.74, 6) is 2.19. The summed E-state index contributed by atoms with van der Waals surface area (Å²) in [5, 5.41) is 9.48. The van der Waals surface area contributed by atoms with Crippen LogP contribution >= 0.6 is 0 Å². The van der Waals surface area contributed by atoms with E-state index in [0.29, 0.717) is 11.3 Å². The predicted octanol–water partition coefficient (Wildman–Crippen LogP) is 3.86. The molecule has 0 aromatic heterocycles. The molecule has 4 unspecified atom stereocenters. The summed E-state index contributed by atoms with van der Waals surface area (Å²) < 4.78 is 0. The van der Waals surface area contributed by atoms with Crippen LogP contribution in [0.3, 0.4) is 0 Å². The van der Waals surface area contributed by atoms with Crippen molar-refractivity contribution in [3.8, 4) is 0 Å². The minimum atomic E-state index is -0.146. The fourth-order valence-corrected chi connectivity index (χ4v) is 2.82. The lowest BCUT2D eigenvalue weighted by Gasteiger charge is -2.32. The molecule has 0 heterocycles. The van der Waals surface area contributed by atoms with Gasteiger partial charge in [0.05, 0.1) is 6.10 Å². The van der Waals surface area contributed by atoms with Gasteiger partial charge in [-0.2, -0.15) is 0 Å². The van der Waals surface area contributed by atoms with Crippen molar-refractivity contribution in [3.63, 3.8) is 0 Å². The van der Waals surface area contributed by atoms with Crippen LogP contribution in [0.15, 0.2) is 0 Å². The quantitative estimate of drug-likeness (QED) is 0.750. The molecule has 15 heavy (non-hydrogen) atoms. The second kappa shape index (κ2) is 4.86. The van der Waals surface area contributed by atoms with Crippen LogP contribution in [-0.4, -0.2) is 11.2 Å². The highest BCUT2D eigenvalue weighted by Gasteiger charge is 2.39. The number of rotatable bonds is 4. The number of aliphatic hydroxyl groups excluding tert-OH is 1. The lowest BCUT2D eigenvalue weighted by Crippen LogP contribution is -2.24. The zero-order chi connectivity index (χ0) is 11.6. The molecule has 1 N–H and O–H groups in total. The van der Waals surface area contributed by atoms with Crippen LogP contribution in [0, 0.1) is 23.2 Å². The highest BCUT2D eigenvalue weighted by atomic mass is 16.3. The highest BCUT2D eigenvalue weighted by molar-refractivity contribution is 4.89. The van der Waals surface area contributed by atoms with Gasteiger partial charge in [-0.1, -0.05) is 27.7 Å². The van der Waals surface area contributed by atoms with Gasteiger partial charge in [-0.25, -0.2) is 0 Å². The molecular weight excluding hydrogens is 184 g/mol. The van der Waals surface area contributed by atoms with Gasteiger partial charge in [0.1, 0.15) is 0 Å². The maximum absolute atomic E-state index is 9.48. The Hall–Kier alpha value is -0.0400. The zero-order valence-electron chi connectivity index (χ0n) is 11.1. The van der Waals surface area contributed by atoms with E-state index < -0.39 is 0 Å². The van der Waals surface area contributed by atoms with Crippen LogP contribution < -0.4 is 0 Å². The summed E-state index contributed by atoms with van der Waals surface area (Å²) in [7, 11) is 0. The molecule has 1 saturated carbocycles. The molecule has 0 aromatic rings. The van der Waals surface area contributed by atoms with E-state index in [0.717, 1.165) is 11.8 Å². The van der Waals surface area contributed by atoms with Gasteiger partial charge in [0, 0.05) is 0 Å². The van der Waals surface area contributed by atoms with Crippen LogP contribution in [0.25, 0.3) is 0 Å². The van der Waals surface area contributed by atoms with E-state index in [1.54, 1.807) is 0 Å². The maximum Gasteiger partial charge on any atom is 0.0537 e. The molecule has 0 amide bonds. The summed E-state index contributed by atoms with van der Waals surface area (Å²) in [6.45, 7) is 11.3. The van der Waals surface area contributed by atoms with Crippen molar-refractivity contribution in [2.45, 2.75) is 66.4 Å². The Morgan fingerprint density at radius 2 is 1.87 bits per heavy atom. The summed E-state index contributed by atoms with van der Waals surface area (Å²) >= 11 is 0. The van der Waals surface area contributed by atoms with E-state index in [-0.39, 0.29) is 6.10 Å². The largest absolute Gasteiger partial charge is 0.393 e. The highest BCUT2D eigenvalue weighted by Crippen LogP contribution is 2.49. The number of aliphatic hydroxyl groups is 1. The number of hydrogen-bond acceptors (Lipinski definition) is 1. The lowest BCUT2D eigenvalue weighted by atomic mass is 9.74. The average molecular weight is 212 g/mol. The Bertz CT molecular complexity index is 196. The molecule has 1 heteroatoms. The fourth-order valence-electron chi connectivity index (χ4n) is 2.82. The van der Waals surface area contributed by atoms with Crippen molar-refractivity contribution < 1.29 is 5.11 Å². The van der Waals surface area contributed by atoms with Crippen LogP contribution in [0.4, 0.5) is 0 Å². The third-order valence-electron chi connectivity index (χ3n) is 5.06. The molecule has 1 fully saturated rings. The van der Waals surface area contributed by atoms with Gasteiger partial charge in [-0.05, 0) is 55.8 Å². The molecule has 90 valence electrons. The second-order valence-electron chi connectivity index (χ2n) is 6.29. The minimum Gasteiger partial charge on any atom is -0.393 e. The lowest BCUT2D eigenvalue weighted by molar-refractivity contribution is 0.114. The molecular formula is C14H28O. The summed E-state index contributed by atoms with van der Waals surface area (Å²) in [6.07, 6.45) is 5.11. The normalized spacial score (nSPS) is 34.0. The first-order valence-electron chi connectivity index (χ1n) is 6.53. The van der Waals surface area contributed by atoms with Gasteiger partial charge in [0.2, 0.25) is 0 Å². The first-order chi connectivity index (χ1) is 6.85. The van der Waals surface area contributed by atoms with Gasteiger partial charge in [-0.15, -0.1) is 0 Å². The van der Waals surface area contributed by atoms with Gasteiger partial charge < -0.3 is 5.11 Å². The van der Waals surface area contributed by atoms with Crippen molar-refractivity contribution in [1.82, 2.24) is 0 Å². The molecule has 1 nitrogen and oxygen atoms in total. The summed E-state index contributed by atoms with van der Waals surface area (Å²) in [4.78, 5) is 0. The molecule has 0 aromatic carbocycles. The van der Waals surface area contributed by atoms with Crippen molar-refractivity contribution in [3.05, 3.63) is 0 Å². The first-order valence-corrected chi connectivity index (χ1v) is 6.53. The summed E-state index contributed by atoms with van der Waals surface area (Å²) in [6, 6.07) is 0. The van der Waals surface area contributed by atoms with E-state index in [1.807, 2.05) is 6.92 Å². The van der Waals surface area contributed by atoms with Crippen molar-refractivity contribution in [1.29, 1.82) is 0 Å². The third kappa shape index (κ3) is 2.96. The smallest absolute Gasteiger partial charge is 0.0537 e. The van der Waals surface area contributed by atoms with Gasteiger partial charge in [0.25, 0.3) is 0 Å². The Morgan fingerprint density at radius 3 is 2.27 bits per heavy atom. The van der Waals surface area contributed by atoms with Crippen molar-refractivity contribution in [2.24, 2.45) is 23.2 Å². The van der Waals surface area contributed by atoms with Crippen molar-refractivity contribution in [2.75, 3.05) is 0 Å². The minimum absolute atomic E-state index is 0.146. The molecule has 0 saturated heterocycles. The van der Waals surface area contributed by atoms with Gasteiger partial charge >= 0.3 is 0 Å². The topological polar surface area (TPSA) is 20.2 Å². The van der Waals surface area contributed by atoms with Gasteiger partial charge in [0.15, 0.2) is 0 Å². The average Bonchev–Trinajstić information content (AvgIpc) is 2.39. The molecule has 4 atom stereocenters. The SMILES string of the molecule is CC(O)C(C)CCC1CCC(C)C1(C)C. The zero-order valence-corrected chi connectivity index (χ0v) is 11.1. The molecule has 1 aliphatic carbocycles. The third-order valence-corrected chi connectivity index (χ3v) is 5.06. The predicted molar refractivity (Wildman–Crippen MR) is 65.7 cm³/mol. The van der Waals surface area contributed by atoms with Crippen LogP contribution in [0.1, 0.15) is 60.3 Å². The maximum atomic E-state index is 9.48. The second-order valence-corrected chi connectivity index (χ2v) is 6.29. The van der Waals surface area contributed by atoms with Crippen molar-refractivity contribution >= 4 is 0 Å². The van der Waals surface area contributed by atoms with E-state index in [2.05, 4.69) is 27.7 Å². The van der Waals surface area contributed by atoms with E-state index in [1.165, 1.54) is 25.7 Å². The Morgan fingerprint density at radius 1 is 1.27 bits per heavy atom. The van der Waals surface area contributed by atoms with Crippen LogP contribution in [0.5, 0.6) is 0 Å². The Kier molecular flexibility index (Phi) is 4.22. The fraction of sp³-hybridized carbons (Fsp3) is 1.00. The van der Waals surface area contributed by atoms with Crippen LogP contribution in [-0.2, 0) is 0 Å².